The van der Waals surface area contributed by atoms with Crippen molar-refractivity contribution >= 4 is 18.1 Å². The second-order valence-corrected chi connectivity index (χ2v) is 5.82. The average Bonchev–Trinajstić information content (AvgIpc) is 2.85. The zero-order valence-electron chi connectivity index (χ0n) is 12.4. The van der Waals surface area contributed by atoms with E-state index >= 15 is 0 Å². The molecule has 0 spiro atoms. The Morgan fingerprint density at radius 2 is 2.25 bits per heavy atom. The molecular formula is C16H23ClN2O. The lowest BCUT2D eigenvalue weighted by Gasteiger charge is -2.34. The summed E-state index contributed by atoms with van der Waals surface area (Å²) < 4.78 is 5.39. The Morgan fingerprint density at radius 1 is 1.50 bits per heavy atom. The molecule has 3 rings (SSSR count). The molecule has 2 unspecified atom stereocenters. The molecule has 1 saturated heterocycles. The van der Waals surface area contributed by atoms with Gasteiger partial charge in [-0.05, 0) is 30.2 Å². The van der Waals surface area contributed by atoms with Crippen LogP contribution >= 0.6 is 12.4 Å². The number of hydrogen-bond acceptors (Lipinski definition) is 3. The second-order valence-electron chi connectivity index (χ2n) is 5.82. The van der Waals surface area contributed by atoms with Gasteiger partial charge in [0.05, 0.1) is 13.3 Å². The molecule has 0 aromatic heterocycles. The lowest BCUT2D eigenvalue weighted by atomic mass is 9.81. The van der Waals surface area contributed by atoms with Crippen LogP contribution in [0.15, 0.2) is 30.9 Å². The topological polar surface area (TPSA) is 15.7 Å². The number of hydrogen-bond donors (Lipinski definition) is 0. The third kappa shape index (κ3) is 1.92. The quantitative estimate of drug-likeness (QED) is 0.797. The first kappa shape index (κ1) is 15.2. The highest BCUT2D eigenvalue weighted by molar-refractivity contribution is 5.85. The van der Waals surface area contributed by atoms with E-state index in [4.69, 9.17) is 4.74 Å². The van der Waals surface area contributed by atoms with E-state index in [0.717, 1.165) is 18.8 Å². The summed E-state index contributed by atoms with van der Waals surface area (Å²) in [5, 5.41) is 0. The van der Waals surface area contributed by atoms with Gasteiger partial charge in [-0.3, -0.25) is 4.90 Å². The minimum absolute atomic E-state index is 0. The number of likely N-dealkylation sites (tertiary alicyclic amines) is 1. The molecule has 3 nitrogen and oxygen atoms in total. The molecular weight excluding hydrogens is 272 g/mol. The average molecular weight is 295 g/mol. The van der Waals surface area contributed by atoms with Gasteiger partial charge in [-0.15, -0.1) is 19.0 Å². The van der Waals surface area contributed by atoms with Crippen molar-refractivity contribution in [2.75, 3.05) is 32.1 Å². The van der Waals surface area contributed by atoms with Gasteiger partial charge in [0.2, 0.25) is 0 Å². The van der Waals surface area contributed by atoms with E-state index in [-0.39, 0.29) is 17.8 Å². The lowest BCUT2D eigenvalue weighted by molar-refractivity contribution is 0.245. The Morgan fingerprint density at radius 3 is 2.90 bits per heavy atom. The standard InChI is InChI=1S/C16H22N2O.ClH/c1-5-9-18-10-8-16(2)13-11-12(19-4)6-7-14(13)17(3)15(16)18;/h5-7,11,15H,1,8-10H2,2-4H3;1H. The fraction of sp³-hybridized carbons (Fsp3) is 0.500. The summed E-state index contributed by atoms with van der Waals surface area (Å²) in [6.07, 6.45) is 3.63. The van der Waals surface area contributed by atoms with Gasteiger partial charge >= 0.3 is 0 Å². The van der Waals surface area contributed by atoms with Crippen LogP contribution in [0.3, 0.4) is 0 Å². The summed E-state index contributed by atoms with van der Waals surface area (Å²) in [6, 6.07) is 6.45. The summed E-state index contributed by atoms with van der Waals surface area (Å²) in [7, 11) is 3.93. The van der Waals surface area contributed by atoms with Crippen LogP contribution in [-0.2, 0) is 5.41 Å². The molecule has 0 N–H and O–H groups in total. The third-order valence-corrected chi connectivity index (χ3v) is 4.76. The van der Waals surface area contributed by atoms with Crippen molar-refractivity contribution in [3.63, 3.8) is 0 Å². The predicted molar refractivity (Wildman–Crippen MR) is 86.2 cm³/mol. The monoisotopic (exact) mass is 294 g/mol. The fourth-order valence-corrected chi connectivity index (χ4v) is 3.87. The van der Waals surface area contributed by atoms with Crippen molar-refractivity contribution in [1.29, 1.82) is 0 Å². The van der Waals surface area contributed by atoms with Gasteiger partial charge in [0, 0.05) is 31.2 Å². The molecule has 2 aliphatic rings. The summed E-state index contributed by atoms with van der Waals surface area (Å²) in [5.41, 5.74) is 2.95. The SMILES string of the molecule is C=CCN1CCC2(C)c3cc(OC)ccc3N(C)C12.Cl. The minimum atomic E-state index is 0. The number of anilines is 1. The Balaban J connectivity index is 0.00000147. The molecule has 1 fully saturated rings. The van der Waals surface area contributed by atoms with Gasteiger partial charge in [0.25, 0.3) is 0 Å². The maximum Gasteiger partial charge on any atom is 0.119 e. The van der Waals surface area contributed by atoms with E-state index in [1.54, 1.807) is 7.11 Å². The van der Waals surface area contributed by atoms with Gasteiger partial charge in [-0.1, -0.05) is 13.0 Å². The zero-order valence-corrected chi connectivity index (χ0v) is 13.2. The number of methoxy groups -OCH3 is 1. The highest BCUT2D eigenvalue weighted by Crippen LogP contribution is 2.52. The van der Waals surface area contributed by atoms with Gasteiger partial charge in [-0.25, -0.2) is 0 Å². The first-order chi connectivity index (χ1) is 9.11. The minimum Gasteiger partial charge on any atom is -0.497 e. The largest absolute Gasteiger partial charge is 0.497 e. The maximum absolute atomic E-state index is 5.39. The van der Waals surface area contributed by atoms with Crippen LogP contribution in [0.25, 0.3) is 0 Å². The molecule has 2 aliphatic heterocycles. The second kappa shape index (κ2) is 5.30. The van der Waals surface area contributed by atoms with Crippen LogP contribution in [-0.4, -0.2) is 38.3 Å². The molecule has 0 radical (unpaired) electrons. The van der Waals surface area contributed by atoms with Crippen LogP contribution in [0.1, 0.15) is 18.9 Å². The van der Waals surface area contributed by atoms with Gasteiger partial charge in [-0.2, -0.15) is 0 Å². The third-order valence-electron chi connectivity index (χ3n) is 4.76. The molecule has 0 saturated carbocycles. The van der Waals surface area contributed by atoms with Crippen LogP contribution in [0.4, 0.5) is 5.69 Å². The molecule has 20 heavy (non-hydrogen) atoms. The molecule has 110 valence electrons. The number of benzene rings is 1. The molecule has 1 aromatic carbocycles. The molecule has 2 atom stereocenters. The zero-order chi connectivity index (χ0) is 13.6. The van der Waals surface area contributed by atoms with Gasteiger partial charge < -0.3 is 9.64 Å². The van der Waals surface area contributed by atoms with Crippen molar-refractivity contribution in [2.45, 2.75) is 24.9 Å². The van der Waals surface area contributed by atoms with E-state index in [0.29, 0.717) is 6.17 Å². The van der Waals surface area contributed by atoms with Crippen LogP contribution in [0.5, 0.6) is 5.75 Å². The maximum atomic E-state index is 5.39. The first-order valence-corrected chi connectivity index (χ1v) is 6.88. The van der Waals surface area contributed by atoms with Gasteiger partial charge in [0.15, 0.2) is 0 Å². The molecule has 0 amide bonds. The Bertz CT molecular complexity index is 519. The Hall–Kier alpha value is -1.19. The summed E-state index contributed by atoms with van der Waals surface area (Å²) >= 11 is 0. The number of likely N-dealkylation sites (N-methyl/N-ethyl adjacent to an activating group) is 1. The summed E-state index contributed by atoms with van der Waals surface area (Å²) in [4.78, 5) is 4.92. The number of fused-ring (bicyclic) bond motifs is 3. The highest BCUT2D eigenvalue weighted by Gasteiger charge is 2.52. The van der Waals surface area contributed by atoms with E-state index in [1.165, 1.54) is 17.7 Å². The predicted octanol–water partition coefficient (Wildman–Crippen LogP) is 3.04. The van der Waals surface area contributed by atoms with Crippen LogP contribution in [0, 0.1) is 0 Å². The van der Waals surface area contributed by atoms with Crippen LogP contribution < -0.4 is 9.64 Å². The smallest absolute Gasteiger partial charge is 0.119 e. The van der Waals surface area contributed by atoms with Crippen molar-refractivity contribution in [3.05, 3.63) is 36.4 Å². The Labute approximate surface area is 127 Å². The molecule has 2 heterocycles. The fourth-order valence-electron chi connectivity index (χ4n) is 3.87. The van der Waals surface area contributed by atoms with Crippen molar-refractivity contribution in [1.82, 2.24) is 4.90 Å². The van der Waals surface area contributed by atoms with E-state index in [2.05, 4.69) is 48.5 Å². The molecule has 0 bridgehead atoms. The van der Waals surface area contributed by atoms with Gasteiger partial charge in [0.1, 0.15) is 5.75 Å². The normalized spacial score (nSPS) is 27.8. The molecule has 4 heteroatoms. The first-order valence-electron chi connectivity index (χ1n) is 6.88. The van der Waals surface area contributed by atoms with Crippen LogP contribution in [0.2, 0.25) is 0 Å². The summed E-state index contributed by atoms with van der Waals surface area (Å²) in [5.74, 6) is 0.955. The van der Waals surface area contributed by atoms with E-state index in [9.17, 15) is 0 Å². The van der Waals surface area contributed by atoms with E-state index < -0.39 is 0 Å². The van der Waals surface area contributed by atoms with Crippen molar-refractivity contribution in [3.8, 4) is 5.75 Å². The van der Waals surface area contributed by atoms with E-state index in [1.807, 2.05) is 6.08 Å². The van der Waals surface area contributed by atoms with Crippen molar-refractivity contribution in [2.24, 2.45) is 0 Å². The number of ether oxygens (including phenoxy) is 1. The molecule has 1 aromatic rings. The van der Waals surface area contributed by atoms with Crippen molar-refractivity contribution < 1.29 is 4.74 Å². The number of halogens is 1. The Kier molecular flexibility index (Phi) is 4.03. The lowest BCUT2D eigenvalue weighted by Crippen LogP contribution is -2.47. The highest BCUT2D eigenvalue weighted by atomic mass is 35.5. The number of rotatable bonds is 3. The molecule has 0 aliphatic carbocycles. The number of nitrogens with zero attached hydrogens (tertiary/aromatic N) is 2. The summed E-state index contributed by atoms with van der Waals surface area (Å²) in [6.45, 7) is 8.35.